The molecule has 0 unspecified atom stereocenters. The van der Waals surface area contributed by atoms with E-state index in [0.29, 0.717) is 0 Å². The van der Waals surface area contributed by atoms with Crippen LogP contribution in [0.5, 0.6) is 5.75 Å². The molecule has 0 atom stereocenters. The lowest BCUT2D eigenvalue weighted by atomic mass is 10.2. The molecule has 6 heteroatoms. The Morgan fingerprint density at radius 1 is 1.30 bits per heavy atom. The van der Waals surface area contributed by atoms with Crippen LogP contribution >= 0.6 is 15.9 Å². The molecule has 5 nitrogen and oxygen atoms in total. The molecule has 1 aromatic carbocycles. The molecule has 0 aliphatic heterocycles. The molecule has 0 saturated carbocycles. The second kappa shape index (κ2) is 6.56. The molecule has 0 amide bonds. The number of nitrogens with one attached hydrogen (secondary N) is 1. The van der Waals surface area contributed by atoms with Crippen LogP contribution in [0.1, 0.15) is 5.56 Å². The summed E-state index contributed by atoms with van der Waals surface area (Å²) in [5.74, 6) is 2.50. The van der Waals surface area contributed by atoms with E-state index in [9.17, 15) is 0 Å². The van der Waals surface area contributed by atoms with Gasteiger partial charge in [0.2, 0.25) is 0 Å². The first-order valence-electron chi connectivity index (χ1n) is 6.17. The standard InChI is InChI=1S/C14H17BrN4O/c1-16-13-7-14(18-9-17-13)19(2)8-10-4-5-12(20-3)11(15)6-10/h4-7,9H,8H2,1-3H3,(H,16,17,18). The van der Waals surface area contributed by atoms with Gasteiger partial charge >= 0.3 is 0 Å². The molecule has 2 aromatic rings. The molecule has 106 valence electrons. The third-order valence-electron chi connectivity index (χ3n) is 2.94. The van der Waals surface area contributed by atoms with Crippen molar-refractivity contribution in [2.75, 3.05) is 31.4 Å². The average molecular weight is 337 g/mol. The summed E-state index contributed by atoms with van der Waals surface area (Å²) in [6.07, 6.45) is 1.56. The summed E-state index contributed by atoms with van der Waals surface area (Å²) in [5.41, 5.74) is 1.17. The molecule has 20 heavy (non-hydrogen) atoms. The fourth-order valence-corrected chi connectivity index (χ4v) is 2.44. The predicted molar refractivity (Wildman–Crippen MR) is 84.4 cm³/mol. The van der Waals surface area contributed by atoms with Crippen LogP contribution in [0.3, 0.4) is 0 Å². The molecule has 1 N–H and O–H groups in total. The van der Waals surface area contributed by atoms with Crippen molar-refractivity contribution in [1.29, 1.82) is 0 Å². The van der Waals surface area contributed by atoms with Gasteiger partial charge in [0.1, 0.15) is 23.7 Å². The van der Waals surface area contributed by atoms with E-state index in [1.165, 1.54) is 5.56 Å². The van der Waals surface area contributed by atoms with Gasteiger partial charge in [-0.1, -0.05) is 6.07 Å². The summed E-state index contributed by atoms with van der Waals surface area (Å²) in [7, 11) is 5.50. The van der Waals surface area contributed by atoms with Gasteiger partial charge in [-0.3, -0.25) is 0 Å². The van der Waals surface area contributed by atoms with Crippen molar-refractivity contribution in [2.24, 2.45) is 0 Å². The third kappa shape index (κ3) is 3.39. The highest BCUT2D eigenvalue weighted by molar-refractivity contribution is 9.10. The maximum atomic E-state index is 5.23. The Kier molecular flexibility index (Phi) is 4.79. The summed E-state index contributed by atoms with van der Waals surface area (Å²) in [5, 5.41) is 3.01. The summed E-state index contributed by atoms with van der Waals surface area (Å²) in [6, 6.07) is 7.96. The molecule has 2 rings (SSSR count). The Labute approximate surface area is 127 Å². The summed E-state index contributed by atoms with van der Waals surface area (Å²) >= 11 is 3.50. The minimum atomic E-state index is 0.753. The zero-order valence-electron chi connectivity index (χ0n) is 11.7. The van der Waals surface area contributed by atoms with Gasteiger partial charge in [0, 0.05) is 26.7 Å². The second-order valence-electron chi connectivity index (χ2n) is 4.34. The van der Waals surface area contributed by atoms with Gasteiger partial charge in [-0.25, -0.2) is 9.97 Å². The third-order valence-corrected chi connectivity index (χ3v) is 3.56. The van der Waals surface area contributed by atoms with E-state index in [0.717, 1.165) is 28.4 Å². The van der Waals surface area contributed by atoms with E-state index < -0.39 is 0 Å². The quantitative estimate of drug-likeness (QED) is 0.909. The van der Waals surface area contributed by atoms with Crippen LogP contribution in [0.15, 0.2) is 35.1 Å². The van der Waals surface area contributed by atoms with Crippen molar-refractivity contribution in [3.63, 3.8) is 0 Å². The molecule has 0 spiro atoms. The Bertz CT molecular complexity index is 591. The van der Waals surface area contributed by atoms with Crippen molar-refractivity contribution in [3.05, 3.63) is 40.6 Å². The predicted octanol–water partition coefficient (Wildman–Crippen LogP) is 2.93. The van der Waals surface area contributed by atoms with Gasteiger partial charge in [-0.15, -0.1) is 0 Å². The number of ether oxygens (including phenoxy) is 1. The van der Waals surface area contributed by atoms with Gasteiger partial charge in [-0.2, -0.15) is 0 Å². The van der Waals surface area contributed by atoms with E-state index in [1.807, 2.05) is 32.3 Å². The second-order valence-corrected chi connectivity index (χ2v) is 5.19. The van der Waals surface area contributed by atoms with Crippen LogP contribution in [0, 0.1) is 0 Å². The molecule has 0 bridgehead atoms. The molecule has 1 heterocycles. The first-order valence-corrected chi connectivity index (χ1v) is 6.96. The van der Waals surface area contributed by atoms with Crippen LogP contribution in [0.2, 0.25) is 0 Å². The number of anilines is 2. The zero-order valence-corrected chi connectivity index (χ0v) is 13.3. The molecule has 0 fully saturated rings. The minimum Gasteiger partial charge on any atom is -0.496 e. The molecule has 0 aliphatic carbocycles. The first-order chi connectivity index (χ1) is 9.63. The van der Waals surface area contributed by atoms with E-state index in [1.54, 1.807) is 13.4 Å². The topological polar surface area (TPSA) is 50.3 Å². The van der Waals surface area contributed by atoms with E-state index in [2.05, 4.69) is 42.2 Å². The Balaban J connectivity index is 2.14. The number of hydrogen-bond acceptors (Lipinski definition) is 5. The number of halogens is 1. The van der Waals surface area contributed by atoms with Crippen LogP contribution in [0.4, 0.5) is 11.6 Å². The van der Waals surface area contributed by atoms with Crippen molar-refractivity contribution in [3.8, 4) is 5.75 Å². The lowest BCUT2D eigenvalue weighted by Crippen LogP contribution is -2.18. The number of rotatable bonds is 5. The maximum Gasteiger partial charge on any atom is 0.134 e. The van der Waals surface area contributed by atoms with E-state index in [4.69, 9.17) is 4.74 Å². The van der Waals surface area contributed by atoms with Crippen molar-refractivity contribution >= 4 is 27.6 Å². The Morgan fingerprint density at radius 3 is 2.75 bits per heavy atom. The van der Waals surface area contributed by atoms with Crippen LogP contribution in [-0.2, 0) is 6.54 Å². The molecular formula is C14H17BrN4O. The van der Waals surface area contributed by atoms with Gasteiger partial charge in [-0.05, 0) is 33.6 Å². The fourth-order valence-electron chi connectivity index (χ4n) is 1.86. The highest BCUT2D eigenvalue weighted by atomic mass is 79.9. The van der Waals surface area contributed by atoms with Crippen molar-refractivity contribution in [1.82, 2.24) is 9.97 Å². The Hall–Kier alpha value is -1.82. The minimum absolute atomic E-state index is 0.753. The number of hydrogen-bond donors (Lipinski definition) is 1. The molecular weight excluding hydrogens is 320 g/mol. The highest BCUT2D eigenvalue weighted by Crippen LogP contribution is 2.26. The van der Waals surface area contributed by atoms with E-state index >= 15 is 0 Å². The summed E-state index contributed by atoms with van der Waals surface area (Å²) in [6.45, 7) is 0.753. The SMILES string of the molecule is CNc1cc(N(C)Cc2ccc(OC)c(Br)c2)ncn1. The molecule has 0 radical (unpaired) electrons. The van der Waals surface area contributed by atoms with Crippen molar-refractivity contribution in [2.45, 2.75) is 6.54 Å². The van der Waals surface area contributed by atoms with Gasteiger partial charge in [0.15, 0.2) is 0 Å². The molecule has 0 aliphatic rings. The molecule has 1 aromatic heterocycles. The lowest BCUT2D eigenvalue weighted by Gasteiger charge is -2.19. The normalized spacial score (nSPS) is 10.2. The smallest absolute Gasteiger partial charge is 0.134 e. The van der Waals surface area contributed by atoms with Gasteiger partial charge in [0.05, 0.1) is 11.6 Å². The van der Waals surface area contributed by atoms with Crippen LogP contribution in [0.25, 0.3) is 0 Å². The van der Waals surface area contributed by atoms with Gasteiger partial charge < -0.3 is 15.0 Å². The summed E-state index contributed by atoms with van der Waals surface area (Å²) < 4.78 is 6.18. The average Bonchev–Trinajstić information content (AvgIpc) is 2.47. The van der Waals surface area contributed by atoms with E-state index in [-0.39, 0.29) is 0 Å². The Morgan fingerprint density at radius 2 is 2.10 bits per heavy atom. The van der Waals surface area contributed by atoms with Crippen molar-refractivity contribution < 1.29 is 4.74 Å². The largest absolute Gasteiger partial charge is 0.496 e. The zero-order chi connectivity index (χ0) is 14.5. The lowest BCUT2D eigenvalue weighted by molar-refractivity contribution is 0.412. The molecule has 0 saturated heterocycles. The van der Waals surface area contributed by atoms with Crippen LogP contribution in [-0.4, -0.2) is 31.2 Å². The first kappa shape index (κ1) is 14.6. The number of nitrogens with zero attached hydrogens (tertiary/aromatic N) is 3. The summed E-state index contributed by atoms with van der Waals surface area (Å²) in [4.78, 5) is 10.5. The fraction of sp³-hybridized carbons (Fsp3) is 0.286. The number of aromatic nitrogens is 2. The van der Waals surface area contributed by atoms with Crippen LogP contribution < -0.4 is 15.0 Å². The number of methoxy groups -OCH3 is 1. The monoisotopic (exact) mass is 336 g/mol. The number of benzene rings is 1. The van der Waals surface area contributed by atoms with Gasteiger partial charge in [0.25, 0.3) is 0 Å². The maximum absolute atomic E-state index is 5.23. The highest BCUT2D eigenvalue weighted by Gasteiger charge is 2.07.